The van der Waals surface area contributed by atoms with Crippen molar-refractivity contribution in [3.8, 4) is 5.75 Å². The van der Waals surface area contributed by atoms with E-state index >= 15 is 0 Å². The van der Waals surface area contributed by atoms with E-state index in [9.17, 15) is 0 Å². The smallest absolute Gasteiger partial charge is 0.138 e. The highest BCUT2D eigenvalue weighted by Crippen LogP contribution is 2.39. The first-order valence-electron chi connectivity index (χ1n) is 8.26. The zero-order valence-corrected chi connectivity index (χ0v) is 12.8. The van der Waals surface area contributed by atoms with Crippen molar-refractivity contribution in [2.75, 3.05) is 13.1 Å². The minimum Gasteiger partial charge on any atom is -0.487 e. The third-order valence-corrected chi connectivity index (χ3v) is 5.02. The topological polar surface area (TPSA) is 25.4 Å². The normalized spacial score (nSPS) is 24.4. The number of pyridine rings is 1. The highest BCUT2D eigenvalue weighted by molar-refractivity contribution is 5.29. The number of nitrogens with zero attached hydrogens (tertiary/aromatic N) is 2. The minimum atomic E-state index is 0.603. The van der Waals surface area contributed by atoms with E-state index < -0.39 is 0 Å². The predicted molar refractivity (Wildman–Crippen MR) is 87.0 cm³/mol. The van der Waals surface area contributed by atoms with E-state index in [0.717, 1.165) is 11.8 Å². The van der Waals surface area contributed by atoms with Gasteiger partial charge >= 0.3 is 0 Å². The van der Waals surface area contributed by atoms with Gasteiger partial charge in [-0.3, -0.25) is 9.88 Å². The molecule has 3 heterocycles. The first kappa shape index (κ1) is 13.8. The zero-order chi connectivity index (χ0) is 14.8. The number of hydrogen-bond donors (Lipinski definition) is 0. The van der Waals surface area contributed by atoms with Crippen LogP contribution >= 0.6 is 0 Å². The Morgan fingerprint density at radius 2 is 2.00 bits per heavy atom. The lowest BCUT2D eigenvalue weighted by Gasteiger charge is -2.20. The fourth-order valence-corrected chi connectivity index (χ4v) is 3.93. The van der Waals surface area contributed by atoms with Crippen molar-refractivity contribution in [3.05, 3.63) is 59.9 Å². The summed E-state index contributed by atoms with van der Waals surface area (Å²) >= 11 is 0. The molecule has 2 saturated heterocycles. The monoisotopic (exact) mass is 294 g/mol. The Morgan fingerprint density at radius 3 is 2.91 bits per heavy atom. The van der Waals surface area contributed by atoms with E-state index in [1.165, 1.54) is 43.5 Å². The van der Waals surface area contributed by atoms with E-state index in [2.05, 4.69) is 28.1 Å². The standard InChI is InChI=1S/C19H22N2O/c1-2-5-15(6-3-1)14-22-17-11-16(12-20-13-17)18-8-10-21-9-4-7-19(18)21/h1-3,5-6,11-13,18-19H,4,7-10,14H2. The second-order valence-corrected chi connectivity index (χ2v) is 6.37. The van der Waals surface area contributed by atoms with Crippen molar-refractivity contribution in [2.45, 2.75) is 37.8 Å². The van der Waals surface area contributed by atoms with Gasteiger partial charge in [-0.2, -0.15) is 0 Å². The van der Waals surface area contributed by atoms with Gasteiger partial charge in [0.2, 0.25) is 0 Å². The maximum absolute atomic E-state index is 5.93. The van der Waals surface area contributed by atoms with E-state index in [0.29, 0.717) is 12.5 Å². The Labute approximate surface area is 131 Å². The summed E-state index contributed by atoms with van der Waals surface area (Å²) in [5, 5.41) is 0. The number of hydrogen-bond acceptors (Lipinski definition) is 3. The molecule has 114 valence electrons. The number of aromatic nitrogens is 1. The Kier molecular flexibility index (Phi) is 3.81. The van der Waals surface area contributed by atoms with Crippen LogP contribution in [-0.2, 0) is 6.61 Å². The van der Waals surface area contributed by atoms with Crippen LogP contribution in [0.5, 0.6) is 5.75 Å². The summed E-state index contributed by atoms with van der Waals surface area (Å²) in [6.07, 6.45) is 7.79. The number of rotatable bonds is 4. The summed E-state index contributed by atoms with van der Waals surface area (Å²) in [7, 11) is 0. The van der Waals surface area contributed by atoms with Gasteiger partial charge in [-0.1, -0.05) is 30.3 Å². The number of fused-ring (bicyclic) bond motifs is 1. The van der Waals surface area contributed by atoms with E-state index in [1.807, 2.05) is 30.6 Å². The van der Waals surface area contributed by atoms with Gasteiger partial charge in [-0.15, -0.1) is 0 Å². The summed E-state index contributed by atoms with van der Waals surface area (Å²) in [4.78, 5) is 7.05. The Hall–Kier alpha value is -1.87. The van der Waals surface area contributed by atoms with Crippen LogP contribution in [0.25, 0.3) is 0 Å². The van der Waals surface area contributed by atoms with E-state index in [-0.39, 0.29) is 0 Å². The highest BCUT2D eigenvalue weighted by Gasteiger charge is 2.37. The van der Waals surface area contributed by atoms with Crippen LogP contribution < -0.4 is 4.74 Å². The lowest BCUT2D eigenvalue weighted by Crippen LogP contribution is -2.25. The van der Waals surface area contributed by atoms with Crippen LogP contribution in [0.15, 0.2) is 48.8 Å². The van der Waals surface area contributed by atoms with Crippen LogP contribution in [0.2, 0.25) is 0 Å². The number of benzene rings is 1. The Balaban J connectivity index is 1.46. The third-order valence-electron chi connectivity index (χ3n) is 5.02. The second kappa shape index (κ2) is 6.09. The molecule has 2 atom stereocenters. The zero-order valence-electron chi connectivity index (χ0n) is 12.8. The fraction of sp³-hybridized carbons (Fsp3) is 0.421. The molecular weight excluding hydrogens is 272 g/mol. The van der Waals surface area contributed by atoms with Gasteiger partial charge in [0, 0.05) is 18.2 Å². The molecule has 2 aliphatic rings. The predicted octanol–water partition coefficient (Wildman–Crippen LogP) is 3.61. The molecule has 0 saturated carbocycles. The fourth-order valence-electron chi connectivity index (χ4n) is 3.93. The van der Waals surface area contributed by atoms with Gasteiger partial charge in [0.15, 0.2) is 0 Å². The lowest BCUT2D eigenvalue weighted by atomic mass is 9.91. The maximum atomic E-state index is 5.93. The largest absolute Gasteiger partial charge is 0.487 e. The van der Waals surface area contributed by atoms with Crippen LogP contribution in [0, 0.1) is 0 Å². The molecular formula is C19H22N2O. The summed E-state index contributed by atoms with van der Waals surface area (Å²) in [6.45, 7) is 3.12. The van der Waals surface area contributed by atoms with Crippen molar-refractivity contribution in [1.82, 2.24) is 9.88 Å². The van der Waals surface area contributed by atoms with Crippen LogP contribution in [-0.4, -0.2) is 29.0 Å². The molecule has 2 unspecified atom stereocenters. The second-order valence-electron chi connectivity index (χ2n) is 6.37. The van der Waals surface area contributed by atoms with Gasteiger partial charge in [0.25, 0.3) is 0 Å². The van der Waals surface area contributed by atoms with Gasteiger partial charge in [-0.05, 0) is 49.5 Å². The average molecular weight is 294 g/mol. The quantitative estimate of drug-likeness (QED) is 0.861. The maximum Gasteiger partial charge on any atom is 0.138 e. The van der Waals surface area contributed by atoms with Crippen LogP contribution in [0.4, 0.5) is 0 Å². The number of ether oxygens (including phenoxy) is 1. The van der Waals surface area contributed by atoms with Crippen LogP contribution in [0.3, 0.4) is 0 Å². The van der Waals surface area contributed by atoms with Crippen molar-refractivity contribution >= 4 is 0 Å². The van der Waals surface area contributed by atoms with Crippen molar-refractivity contribution < 1.29 is 4.74 Å². The molecule has 0 spiro atoms. The van der Waals surface area contributed by atoms with Crippen molar-refractivity contribution in [3.63, 3.8) is 0 Å². The van der Waals surface area contributed by atoms with Crippen molar-refractivity contribution in [2.24, 2.45) is 0 Å². The first-order chi connectivity index (χ1) is 10.9. The molecule has 1 aromatic carbocycles. The van der Waals surface area contributed by atoms with Gasteiger partial charge in [-0.25, -0.2) is 0 Å². The molecule has 0 bridgehead atoms. The first-order valence-corrected chi connectivity index (χ1v) is 8.26. The summed E-state index contributed by atoms with van der Waals surface area (Å²) in [6, 6.07) is 13.2. The molecule has 1 aromatic heterocycles. The van der Waals surface area contributed by atoms with E-state index in [4.69, 9.17) is 4.74 Å². The molecule has 4 rings (SSSR count). The Bertz CT molecular complexity index is 628. The SMILES string of the molecule is c1ccc(COc2cncc(C3CCN4CCCC34)c2)cc1. The van der Waals surface area contributed by atoms with Gasteiger partial charge in [0.1, 0.15) is 12.4 Å². The minimum absolute atomic E-state index is 0.603. The molecule has 3 heteroatoms. The summed E-state index contributed by atoms with van der Waals surface area (Å²) in [5.41, 5.74) is 2.54. The Morgan fingerprint density at radius 1 is 1.09 bits per heavy atom. The molecule has 0 radical (unpaired) electrons. The molecule has 22 heavy (non-hydrogen) atoms. The molecule has 2 fully saturated rings. The van der Waals surface area contributed by atoms with Crippen LogP contribution in [0.1, 0.15) is 36.3 Å². The van der Waals surface area contributed by atoms with Crippen molar-refractivity contribution in [1.29, 1.82) is 0 Å². The van der Waals surface area contributed by atoms with Gasteiger partial charge in [0.05, 0.1) is 6.20 Å². The van der Waals surface area contributed by atoms with Gasteiger partial charge < -0.3 is 4.74 Å². The average Bonchev–Trinajstić information content (AvgIpc) is 3.17. The summed E-state index contributed by atoms with van der Waals surface area (Å²) in [5.74, 6) is 1.52. The third kappa shape index (κ3) is 2.73. The summed E-state index contributed by atoms with van der Waals surface area (Å²) < 4.78 is 5.93. The molecule has 0 aliphatic carbocycles. The molecule has 2 aromatic rings. The molecule has 2 aliphatic heterocycles. The molecule has 3 nitrogen and oxygen atoms in total. The molecule has 0 N–H and O–H groups in total. The molecule has 0 amide bonds. The lowest BCUT2D eigenvalue weighted by molar-refractivity contribution is 0.302. The van der Waals surface area contributed by atoms with E-state index in [1.54, 1.807) is 0 Å². The highest BCUT2D eigenvalue weighted by atomic mass is 16.5.